The van der Waals surface area contributed by atoms with E-state index in [4.69, 9.17) is 4.74 Å². The predicted octanol–water partition coefficient (Wildman–Crippen LogP) is 1.91. The molecule has 4 rings (SSSR count). The van der Waals surface area contributed by atoms with Crippen LogP contribution in [0.15, 0.2) is 30.4 Å². The van der Waals surface area contributed by atoms with Crippen LogP contribution >= 0.6 is 0 Å². The molecule has 2 bridgehead atoms. The standard InChI is InChI=1S/C16H14N2O5/c1-23-12-7-10(18(21)22)4-5-11(12)17-15(19)13-8-2-3-9(6-8)14(13)16(17)20/h2-5,7-9,13-14H,6H2,1H3/t8-,9+,13-,14-/m0/s1. The van der Waals surface area contributed by atoms with Gasteiger partial charge in [-0.25, -0.2) is 4.90 Å². The minimum Gasteiger partial charge on any atom is -0.494 e. The minimum absolute atomic E-state index is 0.121. The van der Waals surface area contributed by atoms with E-state index < -0.39 is 4.92 Å². The van der Waals surface area contributed by atoms with E-state index in [-0.39, 0.29) is 52.6 Å². The summed E-state index contributed by atoms with van der Waals surface area (Å²) in [7, 11) is 1.36. The van der Waals surface area contributed by atoms with E-state index in [0.29, 0.717) is 0 Å². The Morgan fingerprint density at radius 3 is 2.30 bits per heavy atom. The van der Waals surface area contributed by atoms with Crippen molar-refractivity contribution >= 4 is 23.2 Å². The van der Waals surface area contributed by atoms with E-state index in [1.54, 1.807) is 0 Å². The number of benzene rings is 1. The van der Waals surface area contributed by atoms with Crippen LogP contribution in [0, 0.1) is 33.8 Å². The summed E-state index contributed by atoms with van der Waals surface area (Å²) >= 11 is 0. The van der Waals surface area contributed by atoms with Crippen LogP contribution in [0.4, 0.5) is 11.4 Å². The first-order valence-corrected chi connectivity index (χ1v) is 7.41. The molecule has 0 aromatic heterocycles. The molecule has 0 unspecified atom stereocenters. The third kappa shape index (κ3) is 1.76. The van der Waals surface area contributed by atoms with Gasteiger partial charge in [-0.05, 0) is 24.3 Å². The molecule has 4 atom stereocenters. The number of nitrogens with zero attached hydrogens (tertiary/aromatic N) is 2. The molecule has 7 nitrogen and oxygen atoms in total. The molecule has 2 amide bonds. The van der Waals surface area contributed by atoms with Crippen LogP contribution in [0.1, 0.15) is 6.42 Å². The van der Waals surface area contributed by atoms with Gasteiger partial charge in [0.25, 0.3) is 5.69 Å². The largest absolute Gasteiger partial charge is 0.494 e. The highest BCUT2D eigenvalue weighted by Crippen LogP contribution is 2.54. The van der Waals surface area contributed by atoms with E-state index in [2.05, 4.69) is 0 Å². The quantitative estimate of drug-likeness (QED) is 0.368. The number of fused-ring (bicyclic) bond motifs is 5. The number of anilines is 1. The van der Waals surface area contributed by atoms with Crippen molar-refractivity contribution in [1.82, 2.24) is 0 Å². The highest BCUT2D eigenvalue weighted by atomic mass is 16.6. The maximum Gasteiger partial charge on any atom is 0.273 e. The van der Waals surface area contributed by atoms with Crippen molar-refractivity contribution in [2.24, 2.45) is 23.7 Å². The molecule has 1 aromatic carbocycles. The maximum absolute atomic E-state index is 12.8. The lowest BCUT2D eigenvalue weighted by Crippen LogP contribution is -2.33. The number of carbonyl (C=O) groups is 2. The number of hydrogen-bond donors (Lipinski definition) is 0. The third-order valence-corrected chi connectivity index (χ3v) is 5.09. The van der Waals surface area contributed by atoms with Gasteiger partial charge in [-0.3, -0.25) is 19.7 Å². The van der Waals surface area contributed by atoms with E-state index in [1.165, 1.54) is 25.3 Å². The molecule has 1 saturated heterocycles. The van der Waals surface area contributed by atoms with Crippen LogP contribution in [0.3, 0.4) is 0 Å². The van der Waals surface area contributed by atoms with Crippen molar-refractivity contribution in [3.63, 3.8) is 0 Å². The number of ether oxygens (including phenoxy) is 1. The summed E-state index contributed by atoms with van der Waals surface area (Å²) in [6.07, 6.45) is 4.90. The molecule has 0 spiro atoms. The zero-order chi connectivity index (χ0) is 16.3. The van der Waals surface area contributed by atoms with Gasteiger partial charge in [0.15, 0.2) is 0 Å². The Labute approximate surface area is 131 Å². The Balaban J connectivity index is 1.76. The number of hydrogen-bond acceptors (Lipinski definition) is 5. The number of allylic oxidation sites excluding steroid dienone is 2. The zero-order valence-corrected chi connectivity index (χ0v) is 12.3. The Hall–Kier alpha value is -2.70. The molecule has 0 radical (unpaired) electrons. The predicted molar refractivity (Wildman–Crippen MR) is 79.9 cm³/mol. The molecule has 23 heavy (non-hydrogen) atoms. The van der Waals surface area contributed by atoms with E-state index in [9.17, 15) is 19.7 Å². The van der Waals surface area contributed by atoms with Crippen LogP contribution in [-0.2, 0) is 9.59 Å². The first-order valence-electron chi connectivity index (χ1n) is 7.41. The van der Waals surface area contributed by atoms with E-state index in [1.807, 2.05) is 12.2 Å². The van der Waals surface area contributed by atoms with Gasteiger partial charge in [-0.2, -0.15) is 0 Å². The van der Waals surface area contributed by atoms with Crippen LogP contribution in [0.5, 0.6) is 5.75 Å². The van der Waals surface area contributed by atoms with E-state index >= 15 is 0 Å². The summed E-state index contributed by atoms with van der Waals surface area (Å²) < 4.78 is 5.17. The molecule has 2 aliphatic carbocycles. The van der Waals surface area contributed by atoms with Crippen molar-refractivity contribution in [2.75, 3.05) is 12.0 Å². The topological polar surface area (TPSA) is 89.8 Å². The lowest BCUT2D eigenvalue weighted by atomic mass is 9.85. The average Bonchev–Trinajstić information content (AvgIpc) is 3.21. The second-order valence-corrected chi connectivity index (χ2v) is 6.13. The first kappa shape index (κ1) is 13.9. The summed E-state index contributed by atoms with van der Waals surface area (Å²) in [6.45, 7) is 0. The Morgan fingerprint density at radius 1 is 1.17 bits per heavy atom. The first-order chi connectivity index (χ1) is 11.0. The fourth-order valence-corrected chi connectivity index (χ4v) is 4.10. The van der Waals surface area contributed by atoms with Crippen LogP contribution in [0.25, 0.3) is 0 Å². The molecule has 1 saturated carbocycles. The normalized spacial score (nSPS) is 30.9. The lowest BCUT2D eigenvalue weighted by molar-refractivity contribution is -0.384. The minimum atomic E-state index is -0.543. The monoisotopic (exact) mass is 314 g/mol. The fraction of sp³-hybridized carbons (Fsp3) is 0.375. The number of imide groups is 1. The highest BCUT2D eigenvalue weighted by Gasteiger charge is 2.59. The number of nitro groups is 1. The molecule has 2 fully saturated rings. The fourth-order valence-electron chi connectivity index (χ4n) is 4.10. The molecular formula is C16H14N2O5. The number of nitro benzene ring substituents is 1. The van der Waals surface area contributed by atoms with Crippen LogP contribution < -0.4 is 9.64 Å². The maximum atomic E-state index is 12.8. The number of methoxy groups -OCH3 is 1. The molecule has 1 heterocycles. The summed E-state index contributed by atoms with van der Waals surface area (Å²) in [5.74, 6) is -0.685. The second-order valence-electron chi connectivity index (χ2n) is 6.13. The van der Waals surface area contributed by atoms with Crippen molar-refractivity contribution in [3.8, 4) is 5.75 Å². The summed E-state index contributed by atoms with van der Waals surface area (Å²) in [5, 5.41) is 10.9. The molecular weight excluding hydrogens is 300 g/mol. The SMILES string of the molecule is COc1cc([N+](=O)[O-])ccc1N1C(=O)[C@@H]2[C@@H](C1=O)[C@H]1C=C[C@@H]2C1. The van der Waals surface area contributed by atoms with Gasteiger partial charge in [0.1, 0.15) is 5.75 Å². The summed E-state index contributed by atoms with van der Waals surface area (Å²) in [5.41, 5.74) is 0.133. The van der Waals surface area contributed by atoms with Crippen molar-refractivity contribution in [3.05, 3.63) is 40.5 Å². The second kappa shape index (κ2) is 4.65. The van der Waals surface area contributed by atoms with Crippen molar-refractivity contribution in [1.29, 1.82) is 0 Å². The zero-order valence-electron chi connectivity index (χ0n) is 12.3. The molecule has 0 N–H and O–H groups in total. The number of rotatable bonds is 3. The summed E-state index contributed by atoms with van der Waals surface area (Å²) in [6, 6.07) is 3.92. The molecule has 118 valence electrons. The van der Waals surface area contributed by atoms with Crippen LogP contribution in [0.2, 0.25) is 0 Å². The van der Waals surface area contributed by atoms with Crippen LogP contribution in [-0.4, -0.2) is 23.8 Å². The Morgan fingerprint density at radius 2 is 1.78 bits per heavy atom. The molecule has 1 aliphatic heterocycles. The third-order valence-electron chi connectivity index (χ3n) is 5.09. The van der Waals surface area contributed by atoms with Gasteiger partial charge in [-0.1, -0.05) is 12.2 Å². The van der Waals surface area contributed by atoms with Gasteiger partial charge < -0.3 is 4.74 Å². The molecule has 3 aliphatic rings. The van der Waals surface area contributed by atoms with Gasteiger partial charge in [0, 0.05) is 6.07 Å². The van der Waals surface area contributed by atoms with Crippen molar-refractivity contribution < 1.29 is 19.2 Å². The molecule has 7 heteroatoms. The lowest BCUT2D eigenvalue weighted by Gasteiger charge is -2.19. The highest BCUT2D eigenvalue weighted by molar-refractivity contribution is 6.23. The number of amides is 2. The van der Waals surface area contributed by atoms with Gasteiger partial charge >= 0.3 is 0 Å². The Kier molecular flexibility index (Phi) is 2.81. The number of non-ortho nitro benzene ring substituents is 1. The van der Waals surface area contributed by atoms with Gasteiger partial charge in [0.05, 0.1) is 35.6 Å². The summed E-state index contributed by atoms with van der Waals surface area (Å²) in [4.78, 5) is 37.0. The van der Waals surface area contributed by atoms with E-state index in [0.717, 1.165) is 11.3 Å². The molecule has 1 aromatic rings. The van der Waals surface area contributed by atoms with Gasteiger partial charge in [-0.15, -0.1) is 0 Å². The van der Waals surface area contributed by atoms with Crippen molar-refractivity contribution in [2.45, 2.75) is 6.42 Å². The average molecular weight is 314 g/mol. The Bertz CT molecular complexity index is 742. The number of carbonyl (C=O) groups excluding carboxylic acids is 2. The van der Waals surface area contributed by atoms with Gasteiger partial charge in [0.2, 0.25) is 11.8 Å². The smallest absolute Gasteiger partial charge is 0.273 e.